The van der Waals surface area contributed by atoms with Crippen LogP contribution in [0.4, 0.5) is 0 Å². The van der Waals surface area contributed by atoms with Crippen LogP contribution in [-0.2, 0) is 48.0 Å². The Bertz CT molecular complexity index is 2100. The molecule has 0 aliphatic heterocycles. The monoisotopic (exact) mass is 885 g/mol. The summed E-state index contributed by atoms with van der Waals surface area (Å²) in [7, 11) is 0. The maximum atomic E-state index is 14.1. The van der Waals surface area contributed by atoms with Gasteiger partial charge in [-0.25, -0.2) is 0 Å². The predicted molar refractivity (Wildman–Crippen MR) is 241 cm³/mol. The van der Waals surface area contributed by atoms with Gasteiger partial charge in [0, 0.05) is 30.2 Å². The van der Waals surface area contributed by atoms with Crippen LogP contribution in [0.15, 0.2) is 65.8 Å². The molecule has 0 spiro atoms. The van der Waals surface area contributed by atoms with Crippen molar-refractivity contribution >= 4 is 35.3 Å². The van der Waals surface area contributed by atoms with Crippen molar-refractivity contribution in [2.45, 2.75) is 116 Å². The van der Waals surface area contributed by atoms with Gasteiger partial charge in [-0.2, -0.15) is 0 Å². The number of hydrogen-bond donors (Lipinski definition) is 7. The lowest BCUT2D eigenvalue weighted by atomic mass is 9.89. The molecule has 64 heavy (non-hydrogen) atoms. The van der Waals surface area contributed by atoms with Crippen LogP contribution in [0.2, 0.25) is 0 Å². The van der Waals surface area contributed by atoms with Crippen LogP contribution in [0, 0.1) is 25.7 Å². The number of azide groups is 1. The average Bonchev–Trinajstić information content (AvgIpc) is 3.24. The molecule has 0 aliphatic rings. The van der Waals surface area contributed by atoms with Crippen molar-refractivity contribution in [2.75, 3.05) is 19.8 Å². The molecule has 0 saturated heterocycles. The fourth-order valence-corrected chi connectivity index (χ4v) is 7.40. The molecule has 0 aromatic heterocycles. The Labute approximate surface area is 374 Å². The molecule has 346 valence electrons. The molecular weight excluding hydrogens is 823 g/mol. The number of primary amides is 1. The number of carbonyl (C=O) groups is 6. The van der Waals surface area contributed by atoms with Crippen LogP contribution < -0.4 is 26.8 Å². The minimum absolute atomic E-state index is 0.0161. The minimum atomic E-state index is -1.65. The third-order valence-corrected chi connectivity index (χ3v) is 10.9. The fraction of sp³-hybridized carbons (Fsp3) is 0.489. The van der Waals surface area contributed by atoms with Crippen molar-refractivity contribution in [2.24, 2.45) is 28.4 Å². The maximum Gasteiger partial charge on any atom is 0.305 e. The molecule has 3 aromatic rings. The van der Waals surface area contributed by atoms with Gasteiger partial charge in [-0.3, -0.25) is 28.8 Å². The zero-order chi connectivity index (χ0) is 47.3. The van der Waals surface area contributed by atoms with E-state index in [1.807, 2.05) is 63.2 Å². The Morgan fingerprint density at radius 3 is 2.06 bits per heavy atom. The van der Waals surface area contributed by atoms with Crippen molar-refractivity contribution in [1.29, 1.82) is 0 Å². The smallest absolute Gasteiger partial charge is 0.305 e. The highest BCUT2D eigenvalue weighted by Gasteiger charge is 2.34. The van der Waals surface area contributed by atoms with Gasteiger partial charge in [0.15, 0.2) is 11.6 Å². The summed E-state index contributed by atoms with van der Waals surface area (Å²) in [6, 6.07) is 15.2. The normalized spacial score (nSPS) is 13.9. The summed E-state index contributed by atoms with van der Waals surface area (Å²) in [6.07, 6.45) is 0.237. The van der Waals surface area contributed by atoms with E-state index in [0.717, 1.165) is 39.8 Å². The first-order valence-electron chi connectivity index (χ1n) is 21.6. The molecule has 0 unspecified atom stereocenters. The fourth-order valence-electron chi connectivity index (χ4n) is 7.40. The number of nitrogens with one attached hydrogen (secondary N) is 2. The molecule has 3 aromatic carbocycles. The van der Waals surface area contributed by atoms with Crippen LogP contribution in [0.1, 0.15) is 86.6 Å². The van der Waals surface area contributed by atoms with E-state index in [4.69, 9.17) is 21.7 Å². The number of rotatable bonds is 29. The second-order valence-electron chi connectivity index (χ2n) is 16.3. The molecular formula is C47H63N7O10. The van der Waals surface area contributed by atoms with Gasteiger partial charge < -0.3 is 42.2 Å². The second kappa shape index (κ2) is 26.5. The summed E-state index contributed by atoms with van der Waals surface area (Å²) in [5.74, 6) is -7.27. The molecule has 0 bridgehead atoms. The van der Waals surface area contributed by atoms with Gasteiger partial charge in [0.25, 0.3) is 0 Å². The molecule has 3 rings (SSSR count). The van der Waals surface area contributed by atoms with E-state index in [2.05, 4.69) is 26.7 Å². The number of Topliss-reactive ketones (excluding diaryl/α,β-unsaturated/α-hetero) is 2. The Balaban J connectivity index is 1.88. The zero-order valence-corrected chi connectivity index (χ0v) is 37.1. The van der Waals surface area contributed by atoms with Crippen molar-refractivity contribution in [3.8, 4) is 16.9 Å². The molecule has 17 nitrogen and oxygen atoms in total. The molecule has 3 amide bonds. The summed E-state index contributed by atoms with van der Waals surface area (Å²) < 4.78 is 5.91. The average molecular weight is 886 g/mol. The quantitative estimate of drug-likeness (QED) is 0.0223. The third kappa shape index (κ3) is 17.2. The number of nitrogens with zero attached hydrogens (tertiary/aromatic N) is 3. The van der Waals surface area contributed by atoms with Crippen molar-refractivity contribution in [3.05, 3.63) is 98.9 Å². The number of carbonyl (C=O) groups excluding carboxylic acids is 5. The van der Waals surface area contributed by atoms with Crippen molar-refractivity contribution in [1.82, 2.24) is 10.6 Å². The number of aliphatic hydroxyl groups excluding tert-OH is 2. The Morgan fingerprint density at radius 1 is 0.828 bits per heavy atom. The number of unbranched alkanes of at least 4 members (excludes halogenated alkanes) is 1. The van der Waals surface area contributed by atoms with E-state index < -0.39 is 97.2 Å². The van der Waals surface area contributed by atoms with Gasteiger partial charge in [-0.15, -0.1) is 0 Å². The van der Waals surface area contributed by atoms with Gasteiger partial charge in [-0.1, -0.05) is 71.7 Å². The lowest BCUT2D eigenvalue weighted by Crippen LogP contribution is -2.50. The summed E-state index contributed by atoms with van der Waals surface area (Å²) in [6.45, 7) is 7.33. The second-order valence-corrected chi connectivity index (χ2v) is 16.3. The molecule has 9 N–H and O–H groups in total. The first-order valence-corrected chi connectivity index (χ1v) is 21.6. The molecule has 17 heteroatoms. The van der Waals surface area contributed by atoms with E-state index in [0.29, 0.717) is 50.1 Å². The number of benzene rings is 3. The molecule has 0 radical (unpaired) electrons. The molecule has 6 atom stereocenters. The van der Waals surface area contributed by atoms with Gasteiger partial charge in [0.2, 0.25) is 17.7 Å². The van der Waals surface area contributed by atoms with Crippen LogP contribution >= 0.6 is 0 Å². The van der Waals surface area contributed by atoms with E-state index in [9.17, 15) is 44.1 Å². The summed E-state index contributed by atoms with van der Waals surface area (Å²) in [5.41, 5.74) is 26.7. The van der Waals surface area contributed by atoms with E-state index in [1.165, 1.54) is 6.92 Å². The van der Waals surface area contributed by atoms with Gasteiger partial charge >= 0.3 is 5.97 Å². The van der Waals surface area contributed by atoms with Gasteiger partial charge in [-0.05, 0) is 111 Å². The highest BCUT2D eigenvalue weighted by atomic mass is 16.5. The van der Waals surface area contributed by atoms with Gasteiger partial charge in [0.05, 0.1) is 43.7 Å². The van der Waals surface area contributed by atoms with Crippen LogP contribution in [0.5, 0.6) is 5.75 Å². The van der Waals surface area contributed by atoms with Crippen molar-refractivity contribution in [3.63, 3.8) is 0 Å². The molecule has 0 fully saturated rings. The molecule has 0 heterocycles. The topological polar surface area (TPSA) is 297 Å². The van der Waals surface area contributed by atoms with E-state index in [1.54, 1.807) is 12.1 Å². The lowest BCUT2D eigenvalue weighted by molar-refractivity contribution is -0.141. The first kappa shape index (κ1) is 52.2. The number of aryl methyl sites for hydroxylation is 4. The number of hydrogen-bond acceptors (Lipinski definition) is 11. The number of ether oxygens (including phenoxy) is 1. The number of carboxylic acid groups (broad SMARTS) is 1. The van der Waals surface area contributed by atoms with Crippen LogP contribution in [0.3, 0.4) is 0 Å². The summed E-state index contributed by atoms with van der Waals surface area (Å²) in [4.78, 5) is 81.2. The highest BCUT2D eigenvalue weighted by molar-refractivity contribution is 5.97. The summed E-state index contributed by atoms with van der Waals surface area (Å²) in [5, 5.41) is 38.0. The number of aliphatic hydroxyl groups is 2. The number of nitrogens with two attached hydrogens (primary N) is 2. The SMILES string of the molecule is CCc1cc(OCCCCN=[N+]=[N-])ccc1-c1ccc(C[C@H](CC(=O)[C@H](CC(=O)O)NC(=O)[C@H](CO)CC(=O)[C@@H](N)[C@@H](C)O)C(=O)N[C@@H](CCCc2cc(C)cc(C)c2)C(N)=O)cc1. The third-order valence-electron chi connectivity index (χ3n) is 10.9. The Hall–Kier alpha value is -6.13. The van der Waals surface area contributed by atoms with Crippen LogP contribution in [0.25, 0.3) is 21.6 Å². The highest BCUT2D eigenvalue weighted by Crippen LogP contribution is 2.29. The number of aliphatic carboxylic acids is 1. The zero-order valence-electron chi connectivity index (χ0n) is 37.1. The summed E-state index contributed by atoms with van der Waals surface area (Å²) >= 11 is 0. The molecule has 0 aliphatic carbocycles. The number of carboxylic acids is 1. The Morgan fingerprint density at radius 2 is 1.47 bits per heavy atom. The van der Waals surface area contributed by atoms with E-state index >= 15 is 0 Å². The number of amides is 3. The minimum Gasteiger partial charge on any atom is -0.494 e. The van der Waals surface area contributed by atoms with Crippen molar-refractivity contribution < 1.29 is 48.8 Å². The van der Waals surface area contributed by atoms with E-state index in [-0.39, 0.29) is 12.8 Å². The Kier molecular flexibility index (Phi) is 21.6. The molecule has 0 saturated carbocycles. The number of ketones is 2. The van der Waals surface area contributed by atoms with Gasteiger partial charge in [0.1, 0.15) is 11.8 Å². The largest absolute Gasteiger partial charge is 0.494 e. The standard InChI is InChI=1S/C47H63N7O10/c1-5-33-23-37(64-18-7-6-17-51-54-50)15-16-38(33)34-13-11-31(12-14-34)22-35(46(62)52-39(45(49)61)10-8-9-32-20-28(2)19-29(3)21-32)24-41(57)40(26-43(59)60)53-47(63)36(27-55)25-42(58)44(48)30(4)56/h11-16,19-21,23,30,35-36,39-40,44,55-56H,5-10,17-18,22,24-27,48H2,1-4H3,(H2,49,61)(H,52,62)(H,53,63)(H,59,60)/t30-,35-,36+,39+,40+,44+/m1/s1. The van der Waals surface area contributed by atoms with Crippen LogP contribution in [-0.4, -0.2) is 94.6 Å². The first-order chi connectivity index (χ1) is 30.4. The maximum absolute atomic E-state index is 14.1. The lowest BCUT2D eigenvalue weighted by Gasteiger charge is -2.24. The predicted octanol–water partition coefficient (Wildman–Crippen LogP) is 4.35.